The molecule has 0 aliphatic carbocycles. The zero-order valence-corrected chi connectivity index (χ0v) is 30.8. The molecule has 0 heterocycles. The average Bonchev–Trinajstić information content (AvgIpc) is 3.17. The molecule has 0 N–H and O–H groups in total. The minimum atomic E-state index is -1.13. The second-order valence-electron chi connectivity index (χ2n) is 11.3. The molecule has 9 heteroatoms. The van der Waals surface area contributed by atoms with Crippen molar-refractivity contribution in [3.05, 3.63) is 192 Å². The Labute approximate surface area is 321 Å². The van der Waals surface area contributed by atoms with Crippen molar-refractivity contribution in [3.8, 4) is 0 Å². The van der Waals surface area contributed by atoms with Gasteiger partial charge in [0.2, 0.25) is 0 Å². The van der Waals surface area contributed by atoms with Gasteiger partial charge in [-0.25, -0.2) is 0 Å². The molecule has 0 fully saturated rings. The van der Waals surface area contributed by atoms with E-state index in [2.05, 4.69) is 0 Å². The van der Waals surface area contributed by atoms with Gasteiger partial charge in [0.25, 0.3) is 0 Å². The van der Waals surface area contributed by atoms with Crippen molar-refractivity contribution in [3.63, 3.8) is 0 Å². The van der Waals surface area contributed by atoms with Crippen LogP contribution < -0.4 is 20.4 Å². The molecule has 0 atom stereocenters. The predicted molar refractivity (Wildman–Crippen MR) is 199 cm³/mol. The number of fused-ring (bicyclic) bond motifs is 4. The second-order valence-corrected chi connectivity index (χ2v) is 11.3. The fourth-order valence-electron chi connectivity index (χ4n) is 5.61. The van der Waals surface area contributed by atoms with E-state index in [1.807, 2.05) is 97.1 Å². The number of carboxylic acids is 4. The smallest absolute Gasteiger partial charge is 0.545 e. The number of carbonyl (C=O) groups excluding carboxylic acids is 4. The number of aromatic carboxylic acids is 4. The largest absolute Gasteiger partial charge is 4.00 e. The van der Waals surface area contributed by atoms with E-state index in [0.717, 1.165) is 43.1 Å². The van der Waals surface area contributed by atoms with Gasteiger partial charge in [-0.3, -0.25) is 0 Å². The van der Waals surface area contributed by atoms with E-state index in [4.69, 9.17) is 0 Å². The molecular formula is C44H28O8Sn. The quantitative estimate of drug-likeness (QED) is 0.236. The van der Waals surface area contributed by atoms with Crippen LogP contribution in [-0.2, 0) is 0 Å². The van der Waals surface area contributed by atoms with Gasteiger partial charge < -0.3 is 39.6 Å². The van der Waals surface area contributed by atoms with E-state index in [9.17, 15) is 39.6 Å². The molecule has 0 spiro atoms. The fraction of sp³-hybridized carbons (Fsp3) is 0. The summed E-state index contributed by atoms with van der Waals surface area (Å²) in [6.45, 7) is 0. The van der Waals surface area contributed by atoms with Crippen molar-refractivity contribution in [2.75, 3.05) is 0 Å². The fourth-order valence-corrected chi connectivity index (χ4v) is 5.61. The summed E-state index contributed by atoms with van der Waals surface area (Å²) in [6.07, 6.45) is 0. The van der Waals surface area contributed by atoms with Crippen molar-refractivity contribution in [2.45, 2.75) is 0 Å². The van der Waals surface area contributed by atoms with Gasteiger partial charge in [-0.1, -0.05) is 170 Å². The summed E-state index contributed by atoms with van der Waals surface area (Å²) in [4.78, 5) is 42.8. The summed E-state index contributed by atoms with van der Waals surface area (Å²) >= 11 is 0. The van der Waals surface area contributed by atoms with Gasteiger partial charge in [-0.05, 0) is 43.1 Å². The van der Waals surface area contributed by atoms with Crippen LogP contribution in [0.2, 0.25) is 0 Å². The Kier molecular flexibility index (Phi) is 13.8. The van der Waals surface area contributed by atoms with E-state index < -0.39 is 23.9 Å². The summed E-state index contributed by atoms with van der Waals surface area (Å²) in [7, 11) is 0. The Bertz CT molecular complexity index is 2180. The monoisotopic (exact) mass is 804 g/mol. The van der Waals surface area contributed by atoms with E-state index in [0.29, 0.717) is 0 Å². The molecule has 0 aliphatic heterocycles. The minimum Gasteiger partial charge on any atom is -0.545 e. The molecule has 8 nitrogen and oxygen atoms in total. The number of rotatable bonds is 4. The van der Waals surface area contributed by atoms with Gasteiger partial charge in [0.15, 0.2) is 0 Å². The molecule has 8 aromatic rings. The van der Waals surface area contributed by atoms with Crippen LogP contribution in [0.3, 0.4) is 0 Å². The molecule has 8 rings (SSSR count). The normalized spacial score (nSPS) is 9.96. The number of benzene rings is 8. The Morgan fingerprint density at radius 2 is 0.434 bits per heavy atom. The minimum absolute atomic E-state index is 0. The van der Waals surface area contributed by atoms with Crippen LogP contribution in [0.4, 0.5) is 0 Å². The van der Waals surface area contributed by atoms with Crippen LogP contribution in [0.5, 0.6) is 0 Å². The topological polar surface area (TPSA) is 161 Å². The molecule has 8 aromatic carbocycles. The Balaban J connectivity index is 0.000000157. The first-order valence-electron chi connectivity index (χ1n) is 15.9. The van der Waals surface area contributed by atoms with Gasteiger partial charge in [0.1, 0.15) is 0 Å². The summed E-state index contributed by atoms with van der Waals surface area (Å²) < 4.78 is 0. The van der Waals surface area contributed by atoms with Crippen LogP contribution >= 0.6 is 0 Å². The van der Waals surface area contributed by atoms with Crippen LogP contribution in [0, 0.1) is 0 Å². The first-order chi connectivity index (χ1) is 25.2. The van der Waals surface area contributed by atoms with Gasteiger partial charge in [-0.2, -0.15) is 0 Å². The standard InChI is InChI=1S/4C11H8O2.Sn/c4*12-11(13)10-7-3-5-8-4-1-2-6-9(8)10;/h4*1-7H,(H,12,13);/q;;;;+4/p-4. The van der Waals surface area contributed by atoms with E-state index in [-0.39, 0.29) is 46.2 Å². The zero-order chi connectivity index (χ0) is 37.0. The predicted octanol–water partition coefficient (Wildman–Crippen LogP) is 4.43. The third-order valence-electron chi connectivity index (χ3n) is 8.04. The average molecular weight is 803 g/mol. The maximum absolute atomic E-state index is 10.7. The molecule has 0 radical (unpaired) electrons. The van der Waals surface area contributed by atoms with E-state index >= 15 is 0 Å². The molecule has 0 unspecified atom stereocenters. The Morgan fingerprint density at radius 3 is 0.623 bits per heavy atom. The van der Waals surface area contributed by atoms with Crippen LogP contribution in [-0.4, -0.2) is 47.8 Å². The molecule has 0 amide bonds. The van der Waals surface area contributed by atoms with E-state index in [1.165, 1.54) is 0 Å². The molecule has 0 bridgehead atoms. The molecule has 0 saturated heterocycles. The first kappa shape index (κ1) is 39.3. The molecule has 0 saturated carbocycles. The third kappa shape index (κ3) is 9.84. The van der Waals surface area contributed by atoms with Crippen LogP contribution in [0.1, 0.15) is 41.4 Å². The van der Waals surface area contributed by atoms with Crippen LogP contribution in [0.25, 0.3) is 43.1 Å². The maximum atomic E-state index is 10.7. The van der Waals surface area contributed by atoms with Crippen molar-refractivity contribution >= 4 is 90.9 Å². The van der Waals surface area contributed by atoms with Crippen molar-refractivity contribution in [1.29, 1.82) is 0 Å². The van der Waals surface area contributed by atoms with E-state index in [1.54, 1.807) is 72.8 Å². The third-order valence-corrected chi connectivity index (χ3v) is 8.04. The Morgan fingerprint density at radius 1 is 0.264 bits per heavy atom. The van der Waals surface area contributed by atoms with Gasteiger partial charge in [0, 0.05) is 22.3 Å². The summed E-state index contributed by atoms with van der Waals surface area (Å²) in [5.74, 6) is -4.51. The second kappa shape index (κ2) is 18.6. The molecule has 0 aromatic heterocycles. The maximum Gasteiger partial charge on any atom is 4.00 e. The molecule has 53 heavy (non-hydrogen) atoms. The van der Waals surface area contributed by atoms with Gasteiger partial charge in [-0.15, -0.1) is 0 Å². The van der Waals surface area contributed by atoms with Gasteiger partial charge >= 0.3 is 23.9 Å². The molecule has 0 aliphatic rings. The molecule has 256 valence electrons. The zero-order valence-electron chi connectivity index (χ0n) is 27.9. The van der Waals surface area contributed by atoms with Gasteiger partial charge in [0.05, 0.1) is 23.9 Å². The van der Waals surface area contributed by atoms with Crippen molar-refractivity contribution in [1.82, 2.24) is 0 Å². The number of carboxylic acid groups (broad SMARTS) is 4. The first-order valence-corrected chi connectivity index (χ1v) is 15.9. The number of hydrogen-bond acceptors (Lipinski definition) is 8. The summed E-state index contributed by atoms with van der Waals surface area (Å²) in [5.41, 5.74) is 0.993. The summed E-state index contributed by atoms with van der Waals surface area (Å²) in [5, 5.41) is 49.4. The Hall–Kier alpha value is -6.52. The summed E-state index contributed by atoms with van der Waals surface area (Å²) in [6, 6.07) is 50.0. The van der Waals surface area contributed by atoms with Crippen molar-refractivity contribution < 1.29 is 39.6 Å². The number of hydrogen-bond donors (Lipinski definition) is 0. The molecular weight excluding hydrogens is 775 g/mol. The SMILES string of the molecule is O=C([O-])c1cccc2ccccc12.O=C([O-])c1cccc2ccccc12.O=C([O-])c1cccc2ccccc12.O=C([O-])c1cccc2ccccc12.[Sn+4]. The van der Waals surface area contributed by atoms with Crippen molar-refractivity contribution in [2.24, 2.45) is 0 Å². The van der Waals surface area contributed by atoms with Crippen LogP contribution in [0.15, 0.2) is 170 Å². The number of carbonyl (C=O) groups is 4.